The first-order valence-electron chi connectivity index (χ1n) is 6.66. The van der Waals surface area contributed by atoms with Gasteiger partial charge in [-0.3, -0.25) is 10.1 Å². The third-order valence-electron chi connectivity index (χ3n) is 3.48. The van der Waals surface area contributed by atoms with Gasteiger partial charge in [0.2, 0.25) is 5.82 Å². The predicted molar refractivity (Wildman–Crippen MR) is 71.3 cm³/mol. The summed E-state index contributed by atoms with van der Waals surface area (Å²) in [7, 11) is 0. The summed E-state index contributed by atoms with van der Waals surface area (Å²) in [6.07, 6.45) is 2.00. The molecule has 2 heterocycles. The summed E-state index contributed by atoms with van der Waals surface area (Å²) < 4.78 is 6.97. The van der Waals surface area contributed by atoms with Gasteiger partial charge in [-0.25, -0.2) is 4.68 Å². The molecule has 106 valence electrons. The van der Waals surface area contributed by atoms with Gasteiger partial charge in [0, 0.05) is 26.3 Å². The van der Waals surface area contributed by atoms with Crippen LogP contribution in [0.2, 0.25) is 0 Å². The van der Waals surface area contributed by atoms with Gasteiger partial charge in [0.05, 0.1) is 4.92 Å². The van der Waals surface area contributed by atoms with Crippen molar-refractivity contribution in [1.29, 1.82) is 0 Å². The first kappa shape index (κ1) is 13.8. The molecule has 0 aliphatic carbocycles. The van der Waals surface area contributed by atoms with Crippen LogP contribution in [0.5, 0.6) is 0 Å². The van der Waals surface area contributed by atoms with E-state index in [2.05, 4.69) is 10.4 Å². The van der Waals surface area contributed by atoms with Gasteiger partial charge >= 0.3 is 5.69 Å². The molecule has 0 spiro atoms. The molecule has 0 radical (unpaired) electrons. The average Bonchev–Trinajstić information content (AvgIpc) is 2.73. The normalized spacial score (nSPS) is 16.5. The number of anilines is 1. The van der Waals surface area contributed by atoms with E-state index in [9.17, 15) is 10.1 Å². The lowest BCUT2D eigenvalue weighted by molar-refractivity contribution is -0.384. The zero-order chi connectivity index (χ0) is 13.8. The Morgan fingerprint density at radius 2 is 2.21 bits per heavy atom. The molecule has 0 unspecified atom stereocenters. The molecular formula is C12H20N4O3. The molecule has 0 amide bonds. The van der Waals surface area contributed by atoms with Gasteiger partial charge in [-0.1, -0.05) is 0 Å². The molecule has 1 aliphatic heterocycles. The summed E-state index contributed by atoms with van der Waals surface area (Å²) in [6, 6.07) is 0. The molecule has 0 aromatic carbocycles. The highest BCUT2D eigenvalue weighted by molar-refractivity contribution is 5.59. The summed E-state index contributed by atoms with van der Waals surface area (Å²) in [4.78, 5) is 10.8. The van der Waals surface area contributed by atoms with E-state index in [1.54, 1.807) is 11.6 Å². The second kappa shape index (κ2) is 6.01. The van der Waals surface area contributed by atoms with E-state index in [0.29, 0.717) is 24.0 Å². The third-order valence-corrected chi connectivity index (χ3v) is 3.48. The van der Waals surface area contributed by atoms with E-state index < -0.39 is 0 Å². The molecule has 7 heteroatoms. The highest BCUT2D eigenvalue weighted by atomic mass is 16.6. The van der Waals surface area contributed by atoms with E-state index in [1.165, 1.54) is 0 Å². The number of ether oxygens (including phenoxy) is 1. The lowest BCUT2D eigenvalue weighted by atomic mass is 10.0. The van der Waals surface area contributed by atoms with E-state index in [-0.39, 0.29) is 10.6 Å². The Morgan fingerprint density at radius 1 is 1.53 bits per heavy atom. The van der Waals surface area contributed by atoms with Gasteiger partial charge in [0.25, 0.3) is 0 Å². The zero-order valence-corrected chi connectivity index (χ0v) is 11.4. The van der Waals surface area contributed by atoms with Crippen LogP contribution in [0.4, 0.5) is 11.5 Å². The van der Waals surface area contributed by atoms with Crippen molar-refractivity contribution in [2.24, 2.45) is 5.92 Å². The Hall–Kier alpha value is -1.63. The fourth-order valence-electron chi connectivity index (χ4n) is 2.39. The van der Waals surface area contributed by atoms with Crippen LogP contribution in [-0.4, -0.2) is 34.5 Å². The molecule has 1 aromatic heterocycles. The van der Waals surface area contributed by atoms with Crippen LogP contribution in [0.25, 0.3) is 0 Å². The van der Waals surface area contributed by atoms with Crippen molar-refractivity contribution in [3.05, 3.63) is 15.8 Å². The molecule has 0 saturated carbocycles. The Balaban J connectivity index is 2.11. The number of rotatable bonds is 5. The van der Waals surface area contributed by atoms with E-state index >= 15 is 0 Å². The van der Waals surface area contributed by atoms with Crippen LogP contribution < -0.4 is 5.32 Å². The van der Waals surface area contributed by atoms with Crippen LogP contribution in [0, 0.1) is 23.0 Å². The number of aryl methyl sites for hydroxylation is 2. The molecule has 1 N–H and O–H groups in total. The maximum atomic E-state index is 11.1. The largest absolute Gasteiger partial charge is 0.381 e. The number of nitrogens with zero attached hydrogens (tertiary/aromatic N) is 3. The Kier molecular flexibility index (Phi) is 4.36. The summed E-state index contributed by atoms with van der Waals surface area (Å²) in [6.45, 7) is 6.50. The standard InChI is InChI=1S/C12H20N4O3/c1-3-15-12(11(16(17)18)9(2)14-15)13-8-10-4-6-19-7-5-10/h10,13H,3-8H2,1-2H3. The molecule has 2 rings (SSSR count). The zero-order valence-electron chi connectivity index (χ0n) is 11.4. The first-order valence-corrected chi connectivity index (χ1v) is 6.66. The lowest BCUT2D eigenvalue weighted by Gasteiger charge is -2.22. The second-order valence-electron chi connectivity index (χ2n) is 4.79. The van der Waals surface area contributed by atoms with Gasteiger partial charge in [-0.2, -0.15) is 5.10 Å². The quantitative estimate of drug-likeness (QED) is 0.652. The molecule has 19 heavy (non-hydrogen) atoms. The van der Waals surface area contributed by atoms with Crippen LogP contribution in [0.3, 0.4) is 0 Å². The fraction of sp³-hybridized carbons (Fsp3) is 0.750. The van der Waals surface area contributed by atoms with Crippen molar-refractivity contribution in [3.63, 3.8) is 0 Å². The summed E-state index contributed by atoms with van der Waals surface area (Å²) >= 11 is 0. The number of nitrogens with one attached hydrogen (secondary N) is 1. The van der Waals surface area contributed by atoms with E-state index in [4.69, 9.17) is 4.74 Å². The summed E-state index contributed by atoms with van der Waals surface area (Å²) in [5, 5.41) is 18.5. The maximum Gasteiger partial charge on any atom is 0.333 e. The van der Waals surface area contributed by atoms with Crippen LogP contribution in [-0.2, 0) is 11.3 Å². The molecule has 0 bridgehead atoms. The fourth-order valence-corrected chi connectivity index (χ4v) is 2.39. The van der Waals surface area contributed by atoms with E-state index in [0.717, 1.165) is 32.6 Å². The van der Waals surface area contributed by atoms with Crippen molar-refractivity contribution >= 4 is 11.5 Å². The molecule has 7 nitrogen and oxygen atoms in total. The summed E-state index contributed by atoms with van der Waals surface area (Å²) in [5.74, 6) is 1.03. The van der Waals surface area contributed by atoms with Crippen molar-refractivity contribution in [1.82, 2.24) is 9.78 Å². The molecule has 1 aliphatic rings. The van der Waals surface area contributed by atoms with Gasteiger partial charge in [0.15, 0.2) is 0 Å². The SMILES string of the molecule is CCn1nc(C)c([N+](=O)[O-])c1NCC1CCOCC1. The minimum absolute atomic E-state index is 0.0916. The molecule has 0 atom stereocenters. The molecule has 1 saturated heterocycles. The number of hydrogen-bond acceptors (Lipinski definition) is 5. The van der Waals surface area contributed by atoms with E-state index in [1.807, 2.05) is 6.92 Å². The van der Waals surface area contributed by atoms with Crippen molar-refractivity contribution in [2.75, 3.05) is 25.1 Å². The molecule has 1 fully saturated rings. The highest BCUT2D eigenvalue weighted by Gasteiger charge is 2.25. The Labute approximate surface area is 112 Å². The first-order chi connectivity index (χ1) is 9.13. The predicted octanol–water partition coefficient (Wildman–Crippen LogP) is 1.96. The number of nitro groups is 1. The van der Waals surface area contributed by atoms with Crippen molar-refractivity contribution in [3.8, 4) is 0 Å². The topological polar surface area (TPSA) is 82.2 Å². The van der Waals surface area contributed by atoms with Gasteiger partial charge < -0.3 is 10.1 Å². The van der Waals surface area contributed by atoms with Crippen LogP contribution in [0.15, 0.2) is 0 Å². The minimum atomic E-state index is -0.360. The van der Waals surface area contributed by atoms with Gasteiger partial charge in [-0.15, -0.1) is 0 Å². The lowest BCUT2D eigenvalue weighted by Crippen LogP contribution is -2.23. The van der Waals surface area contributed by atoms with Crippen molar-refractivity contribution in [2.45, 2.75) is 33.2 Å². The Bertz CT molecular complexity index is 452. The second-order valence-corrected chi connectivity index (χ2v) is 4.79. The highest BCUT2D eigenvalue weighted by Crippen LogP contribution is 2.28. The van der Waals surface area contributed by atoms with Crippen LogP contribution >= 0.6 is 0 Å². The van der Waals surface area contributed by atoms with Gasteiger partial charge in [0.1, 0.15) is 5.69 Å². The smallest absolute Gasteiger partial charge is 0.333 e. The monoisotopic (exact) mass is 268 g/mol. The van der Waals surface area contributed by atoms with Gasteiger partial charge in [-0.05, 0) is 32.6 Å². The van der Waals surface area contributed by atoms with Crippen molar-refractivity contribution < 1.29 is 9.66 Å². The number of aromatic nitrogens is 2. The maximum absolute atomic E-state index is 11.1. The van der Waals surface area contributed by atoms with Crippen LogP contribution in [0.1, 0.15) is 25.5 Å². The average molecular weight is 268 g/mol. The molecule has 1 aromatic rings. The summed E-state index contributed by atoms with van der Waals surface area (Å²) in [5.41, 5.74) is 0.551. The molecular weight excluding hydrogens is 248 g/mol. The third kappa shape index (κ3) is 3.04. The number of hydrogen-bond donors (Lipinski definition) is 1. The Morgan fingerprint density at radius 3 is 2.79 bits per heavy atom. The minimum Gasteiger partial charge on any atom is -0.381 e.